The van der Waals surface area contributed by atoms with Crippen molar-refractivity contribution in [2.24, 2.45) is 11.8 Å². The first kappa shape index (κ1) is 12.1. The zero-order valence-electron chi connectivity index (χ0n) is 9.80. The summed E-state index contributed by atoms with van der Waals surface area (Å²) < 4.78 is 0.918. The van der Waals surface area contributed by atoms with Gasteiger partial charge >= 0.3 is 0 Å². The molecular weight excluding hydrogens is 299 g/mol. The van der Waals surface area contributed by atoms with Crippen LogP contribution in [0.2, 0.25) is 0 Å². The summed E-state index contributed by atoms with van der Waals surface area (Å²) in [4.78, 5) is 0. The topological polar surface area (TPSA) is 24.1 Å². The summed E-state index contributed by atoms with van der Waals surface area (Å²) in [5.74, 6) is 1.78. The summed E-state index contributed by atoms with van der Waals surface area (Å²) in [5.41, 5.74) is 6.88. The second kappa shape index (κ2) is 5.32. The molecule has 88 valence electrons. The Morgan fingerprint density at radius 2 is 1.47 bits per heavy atom. The predicted molar refractivity (Wildman–Crippen MR) is 73.1 cm³/mol. The first-order chi connectivity index (χ1) is 7.18. The second-order valence-electron chi connectivity index (χ2n) is 5.30. The second-order valence-corrected chi connectivity index (χ2v) is 7.06. The Hall–Kier alpha value is 0.650. The Bertz CT molecular complexity index is 210. The van der Waals surface area contributed by atoms with Gasteiger partial charge in [-0.25, -0.2) is 0 Å². The third-order valence-electron chi connectivity index (χ3n) is 4.24. The molecule has 0 spiro atoms. The van der Waals surface area contributed by atoms with Gasteiger partial charge in [0.25, 0.3) is 0 Å². The number of hydrazine groups is 1. The molecule has 2 rings (SSSR count). The molecule has 0 amide bonds. The maximum absolute atomic E-state index is 3.44. The van der Waals surface area contributed by atoms with Crippen molar-refractivity contribution in [3.05, 3.63) is 0 Å². The lowest BCUT2D eigenvalue weighted by atomic mass is 9.74. The highest BCUT2D eigenvalue weighted by atomic mass is 127. The maximum atomic E-state index is 3.44. The van der Waals surface area contributed by atoms with Crippen LogP contribution in [0.3, 0.4) is 0 Å². The minimum atomic E-state index is 0.646. The summed E-state index contributed by atoms with van der Waals surface area (Å²) in [5, 5.41) is 0. The van der Waals surface area contributed by atoms with E-state index in [4.69, 9.17) is 0 Å². The summed E-state index contributed by atoms with van der Waals surface area (Å²) in [7, 11) is 0. The zero-order chi connectivity index (χ0) is 10.8. The van der Waals surface area contributed by atoms with E-state index in [9.17, 15) is 0 Å². The van der Waals surface area contributed by atoms with Gasteiger partial charge in [0.1, 0.15) is 0 Å². The fourth-order valence-corrected chi connectivity index (χ4v) is 4.04. The van der Waals surface area contributed by atoms with Crippen molar-refractivity contribution in [1.82, 2.24) is 10.9 Å². The standard InChI is InChI=1S/C12H23IN2/c1-8-11-5-3-4-10(13)6-7-12(11)9(2)15-14-8/h8-12,14-15H,3-7H2,1-2H3. The summed E-state index contributed by atoms with van der Waals surface area (Å²) in [6.07, 6.45) is 7.11. The lowest BCUT2D eigenvalue weighted by molar-refractivity contribution is 0.103. The Labute approximate surface area is 107 Å². The molecule has 0 aromatic carbocycles. The molecule has 15 heavy (non-hydrogen) atoms. The molecule has 1 aliphatic heterocycles. The van der Waals surface area contributed by atoms with Gasteiger partial charge in [0, 0.05) is 16.0 Å². The maximum Gasteiger partial charge on any atom is 0.0216 e. The highest BCUT2D eigenvalue weighted by Gasteiger charge is 2.35. The van der Waals surface area contributed by atoms with Crippen molar-refractivity contribution >= 4 is 22.6 Å². The van der Waals surface area contributed by atoms with E-state index in [0.717, 1.165) is 15.8 Å². The summed E-state index contributed by atoms with van der Waals surface area (Å²) in [6, 6.07) is 1.30. The molecule has 2 fully saturated rings. The van der Waals surface area contributed by atoms with Crippen molar-refractivity contribution in [3.8, 4) is 0 Å². The number of hydrogen-bond acceptors (Lipinski definition) is 2. The number of fused-ring (bicyclic) bond motifs is 1. The van der Waals surface area contributed by atoms with E-state index in [2.05, 4.69) is 47.3 Å². The van der Waals surface area contributed by atoms with Gasteiger partial charge in [0.2, 0.25) is 0 Å². The van der Waals surface area contributed by atoms with Crippen LogP contribution in [-0.2, 0) is 0 Å². The average molecular weight is 322 g/mol. The van der Waals surface area contributed by atoms with Crippen molar-refractivity contribution < 1.29 is 0 Å². The minimum absolute atomic E-state index is 0.646. The highest BCUT2D eigenvalue weighted by Crippen LogP contribution is 2.35. The Balaban J connectivity index is 2.03. The van der Waals surface area contributed by atoms with Crippen molar-refractivity contribution in [2.75, 3.05) is 0 Å². The van der Waals surface area contributed by atoms with E-state index in [1.54, 1.807) is 0 Å². The van der Waals surface area contributed by atoms with E-state index in [-0.39, 0.29) is 0 Å². The molecule has 1 saturated carbocycles. The fourth-order valence-electron chi connectivity index (χ4n) is 3.24. The Morgan fingerprint density at radius 1 is 0.867 bits per heavy atom. The van der Waals surface area contributed by atoms with E-state index < -0.39 is 0 Å². The van der Waals surface area contributed by atoms with Gasteiger partial charge < -0.3 is 0 Å². The van der Waals surface area contributed by atoms with Crippen LogP contribution < -0.4 is 10.9 Å². The van der Waals surface area contributed by atoms with Crippen LogP contribution in [0.1, 0.15) is 46.0 Å². The highest BCUT2D eigenvalue weighted by molar-refractivity contribution is 14.1. The zero-order valence-corrected chi connectivity index (χ0v) is 12.0. The Morgan fingerprint density at radius 3 is 2.13 bits per heavy atom. The molecule has 0 radical (unpaired) electrons. The van der Waals surface area contributed by atoms with Gasteiger partial charge in [-0.3, -0.25) is 10.9 Å². The first-order valence-corrected chi connectivity index (χ1v) is 7.58. The SMILES string of the molecule is CC1NNC(C)C2CCC(I)CCCC12. The molecule has 0 aromatic heterocycles. The lowest BCUT2D eigenvalue weighted by Crippen LogP contribution is -2.59. The predicted octanol–water partition coefficient (Wildman–Crippen LogP) is 2.87. The van der Waals surface area contributed by atoms with Gasteiger partial charge in [0.15, 0.2) is 0 Å². The molecule has 1 heterocycles. The van der Waals surface area contributed by atoms with Crippen LogP contribution in [0.5, 0.6) is 0 Å². The van der Waals surface area contributed by atoms with Gasteiger partial charge in [-0.15, -0.1) is 0 Å². The molecule has 5 atom stereocenters. The van der Waals surface area contributed by atoms with Crippen molar-refractivity contribution in [1.29, 1.82) is 0 Å². The molecule has 0 bridgehead atoms. The van der Waals surface area contributed by atoms with Crippen molar-refractivity contribution in [3.63, 3.8) is 0 Å². The largest absolute Gasteiger partial charge is 0.255 e. The molecule has 5 unspecified atom stereocenters. The van der Waals surface area contributed by atoms with Crippen LogP contribution in [0.15, 0.2) is 0 Å². The smallest absolute Gasteiger partial charge is 0.0216 e. The molecule has 1 saturated heterocycles. The van der Waals surface area contributed by atoms with Crippen LogP contribution in [0.4, 0.5) is 0 Å². The first-order valence-electron chi connectivity index (χ1n) is 6.33. The summed E-state index contributed by atoms with van der Waals surface area (Å²) in [6.45, 7) is 4.67. The molecule has 2 N–H and O–H groups in total. The molecule has 0 aromatic rings. The van der Waals surface area contributed by atoms with Crippen LogP contribution in [0, 0.1) is 11.8 Å². The number of rotatable bonds is 0. The Kier molecular flexibility index (Phi) is 4.30. The van der Waals surface area contributed by atoms with E-state index in [1.165, 1.54) is 32.1 Å². The number of alkyl halides is 1. The lowest BCUT2D eigenvalue weighted by Gasteiger charge is -2.43. The number of hydrogen-bond donors (Lipinski definition) is 2. The van der Waals surface area contributed by atoms with Crippen LogP contribution >= 0.6 is 22.6 Å². The van der Waals surface area contributed by atoms with Gasteiger partial charge in [0.05, 0.1) is 0 Å². The third-order valence-corrected chi connectivity index (χ3v) is 5.49. The summed E-state index contributed by atoms with van der Waals surface area (Å²) >= 11 is 2.64. The molecule has 2 aliphatic rings. The monoisotopic (exact) mass is 322 g/mol. The normalized spacial score (nSPS) is 47.8. The quantitative estimate of drug-likeness (QED) is 0.529. The van der Waals surface area contributed by atoms with Crippen LogP contribution in [0.25, 0.3) is 0 Å². The van der Waals surface area contributed by atoms with Crippen molar-refractivity contribution in [2.45, 2.75) is 62.0 Å². The molecule has 2 nitrogen and oxygen atoms in total. The van der Waals surface area contributed by atoms with E-state index in [1.807, 2.05) is 0 Å². The molecule has 1 aliphatic carbocycles. The van der Waals surface area contributed by atoms with Crippen LogP contribution in [-0.4, -0.2) is 16.0 Å². The van der Waals surface area contributed by atoms with Gasteiger partial charge in [-0.05, 0) is 51.4 Å². The minimum Gasteiger partial charge on any atom is -0.255 e. The molecule has 3 heteroatoms. The van der Waals surface area contributed by atoms with E-state index >= 15 is 0 Å². The molecular formula is C12H23IN2. The van der Waals surface area contributed by atoms with Gasteiger partial charge in [-0.1, -0.05) is 29.0 Å². The van der Waals surface area contributed by atoms with Gasteiger partial charge in [-0.2, -0.15) is 0 Å². The average Bonchev–Trinajstić information content (AvgIpc) is 2.18. The van der Waals surface area contributed by atoms with E-state index in [0.29, 0.717) is 12.1 Å². The number of nitrogens with one attached hydrogen (secondary N) is 2. The number of halogens is 1. The third kappa shape index (κ3) is 2.86. The fraction of sp³-hybridized carbons (Fsp3) is 1.00.